The van der Waals surface area contributed by atoms with Crippen molar-refractivity contribution in [3.8, 4) is 11.8 Å². The van der Waals surface area contributed by atoms with Gasteiger partial charge in [0.2, 0.25) is 0 Å². The number of piperidine rings is 3. The smallest absolute Gasteiger partial charge is 0.106 e. The number of allylic oxidation sites excluding steroid dienone is 1. The van der Waals surface area contributed by atoms with Crippen LogP contribution in [0.1, 0.15) is 29.5 Å². The van der Waals surface area contributed by atoms with Gasteiger partial charge in [-0.2, -0.15) is 0 Å². The second-order valence-electron chi connectivity index (χ2n) is 6.40. The second-order valence-corrected chi connectivity index (χ2v) is 6.40. The lowest BCUT2D eigenvalue weighted by Gasteiger charge is -2.46. The van der Waals surface area contributed by atoms with E-state index >= 15 is 0 Å². The molecule has 0 radical (unpaired) electrons. The molecule has 1 aromatic rings. The molecule has 0 spiro atoms. The molecule has 134 valence electrons. The van der Waals surface area contributed by atoms with Crippen molar-refractivity contribution in [2.75, 3.05) is 20.2 Å². The summed E-state index contributed by atoms with van der Waals surface area (Å²) < 4.78 is 0. The van der Waals surface area contributed by atoms with Crippen molar-refractivity contribution in [1.29, 1.82) is 0 Å². The van der Waals surface area contributed by atoms with Crippen molar-refractivity contribution < 1.29 is 9.94 Å². The molecule has 4 rings (SSSR count). The van der Waals surface area contributed by atoms with E-state index in [0.717, 1.165) is 49.0 Å². The highest BCUT2D eigenvalue weighted by Gasteiger charge is 2.40. The first-order chi connectivity index (χ1) is 11.7. The van der Waals surface area contributed by atoms with Crippen LogP contribution in [0.5, 0.6) is 0 Å². The minimum absolute atomic E-state index is 0. The molecule has 3 fully saturated rings. The van der Waals surface area contributed by atoms with Gasteiger partial charge in [-0.05, 0) is 61.5 Å². The van der Waals surface area contributed by atoms with Crippen LogP contribution in [0.2, 0.25) is 0 Å². The van der Waals surface area contributed by atoms with Crippen LogP contribution in [0.3, 0.4) is 0 Å². The SMILES string of the molecule is C=CCc1cc(C=NOC)ccc1C#CC1C(O)C2CCN1CC2.Cl. The molecule has 0 saturated carbocycles. The van der Waals surface area contributed by atoms with Crippen LogP contribution in [-0.4, -0.2) is 48.6 Å². The summed E-state index contributed by atoms with van der Waals surface area (Å²) in [7, 11) is 1.53. The van der Waals surface area contributed by atoms with Gasteiger partial charge in [0.05, 0.1) is 18.4 Å². The summed E-state index contributed by atoms with van der Waals surface area (Å²) >= 11 is 0. The third-order valence-corrected chi connectivity index (χ3v) is 4.93. The third-order valence-electron chi connectivity index (χ3n) is 4.93. The Balaban J connectivity index is 0.00000225. The number of rotatable bonds is 4. The topological polar surface area (TPSA) is 45.1 Å². The number of nitrogens with zero attached hydrogens (tertiary/aromatic N) is 2. The number of hydrogen-bond donors (Lipinski definition) is 1. The monoisotopic (exact) mass is 360 g/mol. The molecule has 3 heterocycles. The predicted octanol–water partition coefficient (Wildman–Crippen LogP) is 2.62. The molecule has 3 aliphatic rings. The molecule has 3 saturated heterocycles. The van der Waals surface area contributed by atoms with Gasteiger partial charge >= 0.3 is 0 Å². The number of hydrogen-bond acceptors (Lipinski definition) is 4. The molecule has 2 atom stereocenters. The molecular weight excluding hydrogens is 336 g/mol. The van der Waals surface area contributed by atoms with Crippen molar-refractivity contribution >= 4 is 18.6 Å². The maximum Gasteiger partial charge on any atom is 0.106 e. The Morgan fingerprint density at radius 3 is 2.80 bits per heavy atom. The van der Waals surface area contributed by atoms with E-state index in [1.165, 1.54) is 7.11 Å². The lowest BCUT2D eigenvalue weighted by molar-refractivity contribution is -0.0500. The first-order valence-corrected chi connectivity index (χ1v) is 8.47. The average molecular weight is 361 g/mol. The summed E-state index contributed by atoms with van der Waals surface area (Å²) in [4.78, 5) is 7.04. The van der Waals surface area contributed by atoms with Gasteiger partial charge in [0, 0.05) is 5.56 Å². The Labute approximate surface area is 156 Å². The van der Waals surface area contributed by atoms with Gasteiger partial charge in [0.1, 0.15) is 7.11 Å². The first-order valence-electron chi connectivity index (χ1n) is 8.47. The van der Waals surface area contributed by atoms with Gasteiger partial charge in [-0.25, -0.2) is 0 Å². The van der Waals surface area contributed by atoms with Gasteiger partial charge in [-0.15, -0.1) is 19.0 Å². The normalized spacial score (nSPS) is 27.3. The minimum atomic E-state index is -0.323. The molecule has 1 aromatic carbocycles. The highest BCUT2D eigenvalue weighted by atomic mass is 35.5. The standard InChI is InChI=1S/C20H24N2O2.ClH/c1-3-4-18-13-15(14-21-24-2)5-6-16(18)7-8-19-20(23)17-9-11-22(19)12-10-17;/h3,5-6,13-14,17,19-20,23H,1,4,9-12H2,2H3;1H. The molecule has 4 nitrogen and oxygen atoms in total. The van der Waals surface area contributed by atoms with Crippen LogP contribution >= 0.6 is 12.4 Å². The summed E-state index contributed by atoms with van der Waals surface area (Å²) in [6.45, 7) is 5.92. The zero-order chi connectivity index (χ0) is 16.9. The molecule has 1 N–H and O–H groups in total. The maximum atomic E-state index is 10.5. The molecule has 25 heavy (non-hydrogen) atoms. The van der Waals surface area contributed by atoms with Gasteiger partial charge in [-0.3, -0.25) is 4.90 Å². The Morgan fingerprint density at radius 2 is 2.16 bits per heavy atom. The molecule has 0 aromatic heterocycles. The van der Waals surface area contributed by atoms with Crippen molar-refractivity contribution in [1.82, 2.24) is 4.90 Å². The lowest BCUT2D eigenvalue weighted by Crippen LogP contribution is -2.57. The number of fused-ring (bicyclic) bond motifs is 3. The number of benzene rings is 1. The molecule has 0 aliphatic carbocycles. The van der Waals surface area contributed by atoms with Gasteiger partial charge < -0.3 is 9.94 Å². The predicted molar refractivity (Wildman–Crippen MR) is 103 cm³/mol. The van der Waals surface area contributed by atoms with E-state index in [-0.39, 0.29) is 24.6 Å². The number of aliphatic hydroxyl groups excluding tert-OH is 1. The fourth-order valence-electron chi connectivity index (χ4n) is 3.60. The van der Waals surface area contributed by atoms with E-state index in [9.17, 15) is 5.11 Å². The van der Waals surface area contributed by atoms with Gasteiger partial charge in [0.25, 0.3) is 0 Å². The van der Waals surface area contributed by atoms with Crippen molar-refractivity contribution in [2.45, 2.75) is 31.4 Å². The van der Waals surface area contributed by atoms with Crippen molar-refractivity contribution in [3.05, 3.63) is 47.5 Å². The van der Waals surface area contributed by atoms with E-state index in [4.69, 9.17) is 4.84 Å². The molecular formula is C20H25ClN2O2. The van der Waals surface area contributed by atoms with Crippen LogP contribution < -0.4 is 0 Å². The molecule has 3 aliphatic heterocycles. The molecule has 5 heteroatoms. The van der Waals surface area contributed by atoms with E-state index in [1.807, 2.05) is 18.2 Å². The Morgan fingerprint density at radius 1 is 1.40 bits per heavy atom. The summed E-state index contributed by atoms with van der Waals surface area (Å²) in [6.07, 6.45) is 6.16. The van der Waals surface area contributed by atoms with Crippen LogP contribution in [0.4, 0.5) is 0 Å². The number of halogens is 1. The van der Waals surface area contributed by atoms with E-state index in [2.05, 4.69) is 34.5 Å². The highest BCUT2D eigenvalue weighted by molar-refractivity contribution is 5.85. The van der Waals surface area contributed by atoms with Crippen LogP contribution in [-0.2, 0) is 11.3 Å². The quantitative estimate of drug-likeness (QED) is 0.388. The molecule has 2 bridgehead atoms. The zero-order valence-corrected chi connectivity index (χ0v) is 15.3. The largest absolute Gasteiger partial charge is 0.399 e. The fourth-order valence-corrected chi connectivity index (χ4v) is 3.60. The van der Waals surface area contributed by atoms with Crippen LogP contribution in [0.15, 0.2) is 36.0 Å². The summed E-state index contributed by atoms with van der Waals surface area (Å²) in [5.74, 6) is 7.02. The van der Waals surface area contributed by atoms with E-state index in [1.54, 1.807) is 6.21 Å². The van der Waals surface area contributed by atoms with E-state index in [0.29, 0.717) is 5.92 Å². The zero-order valence-electron chi connectivity index (χ0n) is 14.5. The van der Waals surface area contributed by atoms with Crippen LogP contribution in [0.25, 0.3) is 0 Å². The minimum Gasteiger partial charge on any atom is -0.399 e. The number of oxime groups is 1. The second kappa shape index (κ2) is 9.05. The third kappa shape index (κ3) is 4.43. The molecule has 0 amide bonds. The van der Waals surface area contributed by atoms with Gasteiger partial charge in [0.15, 0.2) is 0 Å². The van der Waals surface area contributed by atoms with Crippen molar-refractivity contribution in [2.24, 2.45) is 11.1 Å². The lowest BCUT2D eigenvalue weighted by atomic mass is 9.81. The first kappa shape index (κ1) is 19.5. The summed E-state index contributed by atoms with van der Waals surface area (Å²) in [5, 5.41) is 14.3. The van der Waals surface area contributed by atoms with E-state index < -0.39 is 0 Å². The van der Waals surface area contributed by atoms with Crippen LogP contribution in [0, 0.1) is 17.8 Å². The maximum absolute atomic E-state index is 10.5. The van der Waals surface area contributed by atoms with Gasteiger partial charge in [-0.1, -0.05) is 29.1 Å². The summed E-state index contributed by atoms with van der Waals surface area (Å²) in [5.41, 5.74) is 3.07. The molecule has 2 unspecified atom stereocenters. The van der Waals surface area contributed by atoms with Crippen molar-refractivity contribution in [3.63, 3.8) is 0 Å². The Bertz CT molecular complexity index is 683. The number of aliphatic hydroxyl groups is 1. The summed E-state index contributed by atoms with van der Waals surface area (Å²) in [6, 6.07) is 6.00. The Hall–Kier alpha value is -1.80. The fraction of sp³-hybridized carbons (Fsp3) is 0.450. The highest BCUT2D eigenvalue weighted by Crippen LogP contribution is 2.32. The average Bonchev–Trinajstić information content (AvgIpc) is 2.61. The Kier molecular flexibility index (Phi) is 7.07.